The van der Waals surface area contributed by atoms with Crippen LogP contribution in [0, 0.1) is 5.92 Å². The molecule has 0 spiro atoms. The number of furan rings is 1. The van der Waals surface area contributed by atoms with Gasteiger partial charge in [-0.3, -0.25) is 9.69 Å². The van der Waals surface area contributed by atoms with Crippen LogP contribution >= 0.6 is 0 Å². The van der Waals surface area contributed by atoms with Crippen LogP contribution in [0.3, 0.4) is 0 Å². The first-order valence-corrected chi connectivity index (χ1v) is 8.84. The number of hydrogen-bond donors (Lipinski definition) is 2. The first-order chi connectivity index (χ1) is 12.6. The van der Waals surface area contributed by atoms with Gasteiger partial charge in [0.25, 0.3) is 0 Å². The highest BCUT2D eigenvalue weighted by Crippen LogP contribution is 2.47. The number of benzene rings is 1. The zero-order chi connectivity index (χ0) is 18.1. The summed E-state index contributed by atoms with van der Waals surface area (Å²) in [6, 6.07) is 11.0. The van der Waals surface area contributed by atoms with Crippen molar-refractivity contribution in [3.05, 3.63) is 54.0 Å². The summed E-state index contributed by atoms with van der Waals surface area (Å²) < 4.78 is 5.76. The number of nitrogens with zero attached hydrogens (tertiary/aromatic N) is 1. The predicted molar refractivity (Wildman–Crippen MR) is 100 cm³/mol. The predicted octanol–water partition coefficient (Wildman–Crippen LogP) is 3.58. The molecule has 2 heterocycles. The molecule has 3 amide bonds. The Morgan fingerprint density at radius 3 is 2.92 bits per heavy atom. The summed E-state index contributed by atoms with van der Waals surface area (Å²) in [5.41, 5.74) is 1.40. The Balaban J connectivity index is 1.38. The average molecular weight is 351 g/mol. The lowest BCUT2D eigenvalue weighted by Crippen LogP contribution is -2.27. The molecule has 1 aromatic heterocycles. The molecular formula is C20H21N3O3. The van der Waals surface area contributed by atoms with Crippen molar-refractivity contribution in [2.75, 3.05) is 23.3 Å². The number of anilines is 2. The first-order valence-electron chi connectivity index (χ1n) is 8.84. The van der Waals surface area contributed by atoms with Gasteiger partial charge in [-0.25, -0.2) is 4.79 Å². The standard InChI is InChI=1S/C20H21N3O3/c1-13-11-17(13)18-7-5-16(26-18)6-8-19(24)22-14-3-2-4-15(12-14)23-10-9-21-20(23)25/h2-8,12-13,17H,9-11H2,1H3,(H,21,25)(H,22,24)/b8-6+. The quantitative estimate of drug-likeness (QED) is 0.809. The fraction of sp³-hybridized carbons (Fsp3) is 0.300. The molecule has 0 bridgehead atoms. The highest BCUT2D eigenvalue weighted by Gasteiger charge is 2.36. The number of urea groups is 1. The van der Waals surface area contributed by atoms with Gasteiger partial charge < -0.3 is 15.1 Å². The van der Waals surface area contributed by atoms with Crippen LogP contribution in [0.15, 0.2) is 46.9 Å². The number of amides is 3. The smallest absolute Gasteiger partial charge is 0.321 e. The molecule has 0 radical (unpaired) electrons. The molecule has 2 N–H and O–H groups in total. The summed E-state index contributed by atoms with van der Waals surface area (Å²) in [7, 11) is 0. The van der Waals surface area contributed by atoms with Gasteiger partial charge in [-0.05, 0) is 48.7 Å². The Labute approximate surface area is 151 Å². The molecule has 134 valence electrons. The summed E-state index contributed by atoms with van der Waals surface area (Å²) >= 11 is 0. The summed E-state index contributed by atoms with van der Waals surface area (Å²) in [5, 5.41) is 5.58. The summed E-state index contributed by atoms with van der Waals surface area (Å²) in [5.74, 6) is 2.64. The Morgan fingerprint density at radius 1 is 1.35 bits per heavy atom. The van der Waals surface area contributed by atoms with Crippen LogP contribution in [-0.2, 0) is 4.79 Å². The zero-order valence-electron chi connectivity index (χ0n) is 14.6. The normalized spacial score (nSPS) is 21.9. The maximum atomic E-state index is 12.2. The van der Waals surface area contributed by atoms with Crippen molar-refractivity contribution >= 4 is 29.4 Å². The van der Waals surface area contributed by atoms with E-state index in [1.165, 1.54) is 12.5 Å². The molecule has 2 fully saturated rings. The van der Waals surface area contributed by atoms with Crippen molar-refractivity contribution in [3.8, 4) is 0 Å². The number of carbonyl (C=O) groups is 2. The monoisotopic (exact) mass is 351 g/mol. The Bertz CT molecular complexity index is 871. The molecule has 6 heteroatoms. The van der Waals surface area contributed by atoms with Crippen LogP contribution in [-0.4, -0.2) is 25.0 Å². The molecule has 2 atom stereocenters. The lowest BCUT2D eigenvalue weighted by Gasteiger charge is -2.15. The van der Waals surface area contributed by atoms with E-state index in [2.05, 4.69) is 17.6 Å². The fourth-order valence-electron chi connectivity index (χ4n) is 3.19. The van der Waals surface area contributed by atoms with E-state index in [9.17, 15) is 9.59 Å². The van der Waals surface area contributed by atoms with Crippen molar-refractivity contribution in [1.29, 1.82) is 0 Å². The minimum atomic E-state index is -0.245. The molecule has 2 unspecified atom stereocenters. The third-order valence-corrected chi connectivity index (χ3v) is 4.80. The van der Waals surface area contributed by atoms with E-state index in [1.807, 2.05) is 24.3 Å². The molecule has 1 saturated carbocycles. The van der Waals surface area contributed by atoms with Crippen LogP contribution in [0.2, 0.25) is 0 Å². The minimum Gasteiger partial charge on any atom is -0.461 e. The zero-order valence-corrected chi connectivity index (χ0v) is 14.6. The molecule has 1 aromatic carbocycles. The van der Waals surface area contributed by atoms with Crippen LogP contribution in [0.25, 0.3) is 6.08 Å². The maximum Gasteiger partial charge on any atom is 0.321 e. The number of nitrogens with one attached hydrogen (secondary N) is 2. The Morgan fingerprint density at radius 2 is 2.19 bits per heavy atom. The van der Waals surface area contributed by atoms with Gasteiger partial charge in [-0.15, -0.1) is 0 Å². The van der Waals surface area contributed by atoms with E-state index >= 15 is 0 Å². The van der Waals surface area contributed by atoms with E-state index < -0.39 is 0 Å². The van der Waals surface area contributed by atoms with Gasteiger partial charge in [-0.1, -0.05) is 13.0 Å². The van der Waals surface area contributed by atoms with Crippen LogP contribution in [0.4, 0.5) is 16.2 Å². The van der Waals surface area contributed by atoms with Gasteiger partial charge in [0.2, 0.25) is 5.91 Å². The second-order valence-electron chi connectivity index (χ2n) is 6.82. The van der Waals surface area contributed by atoms with Gasteiger partial charge in [0.1, 0.15) is 11.5 Å². The molecule has 1 aliphatic heterocycles. The van der Waals surface area contributed by atoms with E-state index in [0.717, 1.165) is 11.4 Å². The molecule has 4 rings (SSSR count). The molecular weight excluding hydrogens is 330 g/mol. The highest BCUT2D eigenvalue weighted by atomic mass is 16.3. The van der Waals surface area contributed by atoms with Crippen LogP contribution < -0.4 is 15.5 Å². The van der Waals surface area contributed by atoms with E-state index in [1.54, 1.807) is 23.1 Å². The molecule has 2 aliphatic rings. The van der Waals surface area contributed by atoms with Gasteiger partial charge in [-0.2, -0.15) is 0 Å². The summed E-state index contributed by atoms with van der Waals surface area (Å²) in [6.45, 7) is 3.45. The number of hydrogen-bond acceptors (Lipinski definition) is 3. The molecule has 26 heavy (non-hydrogen) atoms. The average Bonchev–Trinajstić information content (AvgIpc) is 3.00. The molecule has 1 aliphatic carbocycles. The fourth-order valence-corrected chi connectivity index (χ4v) is 3.19. The molecule has 2 aromatic rings. The van der Waals surface area contributed by atoms with Crippen LogP contribution in [0.5, 0.6) is 0 Å². The van der Waals surface area contributed by atoms with Gasteiger partial charge in [0.05, 0.1) is 0 Å². The highest BCUT2D eigenvalue weighted by molar-refractivity contribution is 6.02. The van der Waals surface area contributed by atoms with Crippen molar-refractivity contribution in [3.63, 3.8) is 0 Å². The third kappa shape index (κ3) is 3.49. The maximum absolute atomic E-state index is 12.2. The lowest BCUT2D eigenvalue weighted by atomic mass is 10.2. The SMILES string of the molecule is CC1CC1c1ccc(/C=C/C(=O)Nc2cccc(N3CCNC3=O)c2)o1. The van der Waals surface area contributed by atoms with Crippen molar-refractivity contribution in [1.82, 2.24) is 5.32 Å². The second-order valence-corrected chi connectivity index (χ2v) is 6.82. The van der Waals surface area contributed by atoms with Gasteiger partial charge in [0, 0.05) is 36.5 Å². The summed E-state index contributed by atoms with van der Waals surface area (Å²) in [4.78, 5) is 25.6. The second kappa shape index (κ2) is 6.71. The van der Waals surface area contributed by atoms with Gasteiger partial charge in [0.15, 0.2) is 0 Å². The Kier molecular flexibility index (Phi) is 4.24. The largest absolute Gasteiger partial charge is 0.461 e. The number of rotatable bonds is 5. The molecule has 6 nitrogen and oxygen atoms in total. The summed E-state index contributed by atoms with van der Waals surface area (Å²) in [6.07, 6.45) is 4.29. The van der Waals surface area contributed by atoms with Crippen molar-refractivity contribution < 1.29 is 14.0 Å². The lowest BCUT2D eigenvalue weighted by molar-refractivity contribution is -0.111. The van der Waals surface area contributed by atoms with E-state index in [4.69, 9.17) is 4.42 Å². The first kappa shape index (κ1) is 16.4. The minimum absolute atomic E-state index is 0.119. The topological polar surface area (TPSA) is 74.6 Å². The van der Waals surface area contributed by atoms with E-state index in [-0.39, 0.29) is 11.9 Å². The number of carbonyl (C=O) groups excluding carboxylic acids is 2. The van der Waals surface area contributed by atoms with Crippen molar-refractivity contribution in [2.45, 2.75) is 19.3 Å². The van der Waals surface area contributed by atoms with Gasteiger partial charge >= 0.3 is 6.03 Å². The molecule has 1 saturated heterocycles. The van der Waals surface area contributed by atoms with E-state index in [0.29, 0.717) is 36.4 Å². The van der Waals surface area contributed by atoms with Crippen molar-refractivity contribution in [2.24, 2.45) is 5.92 Å². The van der Waals surface area contributed by atoms with Crippen LogP contribution in [0.1, 0.15) is 30.8 Å². The third-order valence-electron chi connectivity index (χ3n) is 4.80. The Hall–Kier alpha value is -3.02.